The van der Waals surface area contributed by atoms with E-state index < -0.39 is 10.1 Å². The zero-order chi connectivity index (χ0) is 25.6. The van der Waals surface area contributed by atoms with E-state index in [9.17, 15) is 13.2 Å². The second-order valence-corrected chi connectivity index (χ2v) is 10.6. The maximum absolute atomic E-state index is 12.3. The smallest absolute Gasteiger partial charge is 0.306 e. The summed E-state index contributed by atoms with van der Waals surface area (Å²) in [6.07, 6.45) is 4.79. The number of benzene rings is 2. The van der Waals surface area contributed by atoms with Crippen LogP contribution in [-0.2, 0) is 14.9 Å². The molecule has 2 rings (SSSR count). The summed E-state index contributed by atoms with van der Waals surface area (Å²) >= 11 is 0. The highest BCUT2D eigenvalue weighted by Crippen LogP contribution is 2.36. The lowest BCUT2D eigenvalue weighted by Crippen LogP contribution is -2.30. The molecule has 2 aromatic carbocycles. The lowest BCUT2D eigenvalue weighted by molar-refractivity contribution is -0.117. The van der Waals surface area contributed by atoms with Gasteiger partial charge in [-0.1, -0.05) is 23.8 Å². The molecule has 0 aliphatic heterocycles. The molecule has 0 aliphatic carbocycles. The van der Waals surface area contributed by atoms with Crippen LogP contribution in [0.15, 0.2) is 47.6 Å². The summed E-state index contributed by atoms with van der Waals surface area (Å²) in [7, 11) is -3.74. The van der Waals surface area contributed by atoms with Crippen LogP contribution in [0, 0.1) is 13.8 Å². The highest BCUT2D eigenvalue weighted by atomic mass is 32.2. The molecular weight excluding hydrogens is 450 g/mol. The van der Waals surface area contributed by atoms with Crippen molar-refractivity contribution >= 4 is 22.1 Å². The van der Waals surface area contributed by atoms with Crippen LogP contribution in [0.25, 0.3) is 17.2 Å². The molecule has 0 heterocycles. The van der Waals surface area contributed by atoms with E-state index in [2.05, 4.69) is 5.32 Å². The minimum atomic E-state index is -3.74. The number of aryl methyl sites for hydroxylation is 2. The molecule has 0 aliphatic rings. The maximum atomic E-state index is 12.3. The highest BCUT2D eigenvalue weighted by molar-refractivity contribution is 7.86. The maximum Gasteiger partial charge on any atom is 0.306 e. The predicted molar refractivity (Wildman–Crippen MR) is 139 cm³/mol. The summed E-state index contributed by atoms with van der Waals surface area (Å²) < 4.78 is 34.7. The number of ether oxygens (including phenoxy) is 1. The Hall–Kier alpha value is -3.06. The van der Waals surface area contributed by atoms with Crippen molar-refractivity contribution in [3.8, 4) is 22.6 Å². The standard InChI is InChI=1S/C27H35NO5S/c1-17(2)11-12-32-25-10-9-22(16-26(25)33-34(8,30)31)24-15-19(5)23(13-20(24)6)14-21(7)27(29)28-18(3)4/h9-11,13-16,18H,12H2,1-8H3,(H,28,29). The van der Waals surface area contributed by atoms with E-state index in [0.717, 1.165) is 39.6 Å². The van der Waals surface area contributed by atoms with Gasteiger partial charge in [0.05, 0.1) is 6.26 Å². The Kier molecular flexibility index (Phi) is 9.10. The predicted octanol–water partition coefficient (Wildman–Crippen LogP) is 5.58. The van der Waals surface area contributed by atoms with Crippen LogP contribution in [-0.4, -0.2) is 33.2 Å². The largest absolute Gasteiger partial charge is 0.486 e. The topological polar surface area (TPSA) is 81.7 Å². The van der Waals surface area contributed by atoms with Gasteiger partial charge in [0, 0.05) is 11.6 Å². The van der Waals surface area contributed by atoms with E-state index in [-0.39, 0.29) is 17.7 Å². The Morgan fingerprint density at radius 3 is 2.29 bits per heavy atom. The second-order valence-electron chi connectivity index (χ2n) is 9.02. The first kappa shape index (κ1) is 27.2. The molecule has 1 amide bonds. The molecule has 1 N–H and O–H groups in total. The van der Waals surface area contributed by atoms with Crippen molar-refractivity contribution in [2.75, 3.05) is 12.9 Å². The molecule has 2 aromatic rings. The Morgan fingerprint density at radius 2 is 1.71 bits per heavy atom. The fraction of sp³-hybridized carbons (Fsp3) is 0.370. The molecule has 0 aromatic heterocycles. The van der Waals surface area contributed by atoms with Crippen molar-refractivity contribution in [3.63, 3.8) is 0 Å². The van der Waals surface area contributed by atoms with Crippen molar-refractivity contribution in [2.45, 2.75) is 54.5 Å². The molecule has 0 spiro atoms. The van der Waals surface area contributed by atoms with Crippen LogP contribution in [0.3, 0.4) is 0 Å². The van der Waals surface area contributed by atoms with Gasteiger partial charge in [-0.3, -0.25) is 4.79 Å². The average Bonchev–Trinajstić information content (AvgIpc) is 2.69. The summed E-state index contributed by atoms with van der Waals surface area (Å²) in [4.78, 5) is 12.3. The number of carbonyl (C=O) groups excluding carboxylic acids is 1. The molecule has 0 atom stereocenters. The Morgan fingerprint density at radius 1 is 1.03 bits per heavy atom. The van der Waals surface area contributed by atoms with Crippen LogP contribution < -0.4 is 14.2 Å². The van der Waals surface area contributed by atoms with Crippen LogP contribution >= 0.6 is 0 Å². The van der Waals surface area contributed by atoms with Gasteiger partial charge < -0.3 is 14.2 Å². The van der Waals surface area contributed by atoms with Gasteiger partial charge in [0.1, 0.15) is 6.61 Å². The number of allylic oxidation sites excluding steroid dienone is 1. The average molecular weight is 486 g/mol. The van der Waals surface area contributed by atoms with Gasteiger partial charge in [-0.05, 0) is 101 Å². The molecule has 7 heteroatoms. The Bertz CT molecular complexity index is 1220. The Labute approximate surface area is 203 Å². The van der Waals surface area contributed by atoms with Gasteiger partial charge in [0.2, 0.25) is 5.91 Å². The van der Waals surface area contributed by atoms with Crippen molar-refractivity contribution in [1.29, 1.82) is 0 Å². The third-order valence-electron chi connectivity index (χ3n) is 4.99. The van der Waals surface area contributed by atoms with Crippen LogP contribution in [0.5, 0.6) is 11.5 Å². The summed E-state index contributed by atoms with van der Waals surface area (Å²) in [6.45, 7) is 13.8. The fourth-order valence-electron chi connectivity index (χ4n) is 3.30. The molecule has 34 heavy (non-hydrogen) atoms. The van der Waals surface area contributed by atoms with E-state index in [0.29, 0.717) is 17.9 Å². The molecule has 6 nitrogen and oxygen atoms in total. The quantitative estimate of drug-likeness (QED) is 0.285. The third-order valence-corrected chi connectivity index (χ3v) is 5.47. The van der Waals surface area contributed by atoms with E-state index in [4.69, 9.17) is 8.92 Å². The van der Waals surface area contributed by atoms with E-state index >= 15 is 0 Å². The van der Waals surface area contributed by atoms with Gasteiger partial charge in [-0.25, -0.2) is 0 Å². The normalized spacial score (nSPS) is 11.9. The van der Waals surface area contributed by atoms with Crippen LogP contribution in [0.4, 0.5) is 0 Å². The van der Waals surface area contributed by atoms with Crippen molar-refractivity contribution < 1.29 is 22.1 Å². The molecule has 0 radical (unpaired) electrons. The first-order chi connectivity index (χ1) is 15.8. The number of carbonyl (C=O) groups is 1. The summed E-state index contributed by atoms with van der Waals surface area (Å²) in [6, 6.07) is 9.39. The lowest BCUT2D eigenvalue weighted by Gasteiger charge is -2.15. The number of hydrogen-bond donors (Lipinski definition) is 1. The molecule has 184 valence electrons. The monoisotopic (exact) mass is 485 g/mol. The van der Waals surface area contributed by atoms with Crippen LogP contribution in [0.2, 0.25) is 0 Å². The van der Waals surface area contributed by atoms with Gasteiger partial charge in [-0.15, -0.1) is 0 Å². The van der Waals surface area contributed by atoms with Crippen molar-refractivity contribution in [1.82, 2.24) is 5.32 Å². The summed E-state index contributed by atoms with van der Waals surface area (Å²) in [5.74, 6) is 0.402. The van der Waals surface area contributed by atoms with Crippen molar-refractivity contribution in [3.05, 3.63) is 64.2 Å². The van der Waals surface area contributed by atoms with E-state index in [1.54, 1.807) is 19.1 Å². The van der Waals surface area contributed by atoms with Gasteiger partial charge in [0.25, 0.3) is 0 Å². The van der Waals surface area contributed by atoms with Gasteiger partial charge in [-0.2, -0.15) is 8.42 Å². The SMILES string of the molecule is CC(C)=CCOc1ccc(-c2cc(C)c(C=C(C)C(=O)NC(C)C)cc2C)cc1OS(C)(=O)=O. The molecule has 0 fully saturated rings. The third kappa shape index (κ3) is 8.06. The van der Waals surface area contributed by atoms with E-state index in [1.807, 2.05) is 71.9 Å². The molecule has 0 saturated heterocycles. The number of nitrogens with one attached hydrogen (secondary N) is 1. The second kappa shape index (κ2) is 11.4. The molecular formula is C27H35NO5S. The number of rotatable bonds is 9. The zero-order valence-electron chi connectivity index (χ0n) is 21.3. The minimum absolute atomic E-state index is 0.0679. The summed E-state index contributed by atoms with van der Waals surface area (Å²) in [5.41, 5.74) is 6.40. The molecule has 0 saturated carbocycles. The van der Waals surface area contributed by atoms with Crippen LogP contribution in [0.1, 0.15) is 51.3 Å². The highest BCUT2D eigenvalue weighted by Gasteiger charge is 2.15. The fourth-order valence-corrected chi connectivity index (χ4v) is 3.76. The first-order valence-electron chi connectivity index (χ1n) is 11.2. The summed E-state index contributed by atoms with van der Waals surface area (Å²) in [5, 5.41) is 2.90. The van der Waals surface area contributed by atoms with Gasteiger partial charge >= 0.3 is 10.1 Å². The lowest BCUT2D eigenvalue weighted by atomic mass is 9.94. The number of hydrogen-bond acceptors (Lipinski definition) is 5. The van der Waals surface area contributed by atoms with E-state index in [1.165, 1.54) is 0 Å². The minimum Gasteiger partial charge on any atom is -0.486 e. The Balaban J connectivity index is 2.46. The molecule has 0 bridgehead atoms. The first-order valence-corrected chi connectivity index (χ1v) is 13.0. The number of amides is 1. The van der Waals surface area contributed by atoms with Crippen molar-refractivity contribution in [2.24, 2.45) is 0 Å². The molecule has 0 unspecified atom stereocenters. The zero-order valence-corrected chi connectivity index (χ0v) is 22.1. The van der Waals surface area contributed by atoms with Gasteiger partial charge in [0.15, 0.2) is 11.5 Å².